The number of hydrogen-bond acceptors (Lipinski definition) is 7. The third-order valence-corrected chi connectivity index (χ3v) is 10.2. The van der Waals surface area contributed by atoms with E-state index in [1.165, 1.54) is 6.33 Å². The first kappa shape index (κ1) is 21.3. The van der Waals surface area contributed by atoms with Crippen molar-refractivity contribution in [3.05, 3.63) is 18.6 Å². The zero-order chi connectivity index (χ0) is 19.5. The molecule has 1 saturated carbocycles. The second-order valence-corrected chi connectivity index (χ2v) is 13.6. The number of nitrogens with zero attached hydrogens (tertiary/aromatic N) is 2. The number of rotatable bonds is 7. The summed E-state index contributed by atoms with van der Waals surface area (Å²) in [6, 6.07) is 1.55. The van der Waals surface area contributed by atoms with Crippen LogP contribution in [-0.4, -0.2) is 53.1 Å². The number of nitrogens with one attached hydrogen (secondary N) is 1. The van der Waals surface area contributed by atoms with E-state index in [9.17, 15) is 14.6 Å². The average Bonchev–Trinajstić information content (AvgIpc) is 2.83. The van der Waals surface area contributed by atoms with Crippen LogP contribution in [0.25, 0.3) is 0 Å². The van der Waals surface area contributed by atoms with E-state index in [0.29, 0.717) is 12.2 Å². The zero-order valence-electron chi connectivity index (χ0n) is 15.9. The first-order chi connectivity index (χ1) is 12.0. The minimum absolute atomic E-state index is 0.0320. The van der Waals surface area contributed by atoms with Gasteiger partial charge >= 0.3 is 8.25 Å². The molecule has 5 atom stereocenters. The second-order valence-electron chi connectivity index (χ2n) is 8.17. The van der Waals surface area contributed by atoms with E-state index < -0.39 is 28.8 Å². The molecule has 8 nitrogen and oxygen atoms in total. The molecule has 0 bridgehead atoms. The van der Waals surface area contributed by atoms with Crippen molar-refractivity contribution in [2.45, 2.75) is 63.6 Å². The molecule has 0 saturated heterocycles. The molecule has 1 aromatic heterocycles. The Balaban J connectivity index is 2.30. The summed E-state index contributed by atoms with van der Waals surface area (Å²) >= 11 is 0. The van der Waals surface area contributed by atoms with Gasteiger partial charge in [0.25, 0.3) is 0 Å². The molecule has 2 rings (SSSR count). The number of aliphatic hydroxyl groups is 1. The van der Waals surface area contributed by atoms with E-state index in [2.05, 4.69) is 49.1 Å². The summed E-state index contributed by atoms with van der Waals surface area (Å²) in [6.45, 7) is 10.5. The molecule has 1 aliphatic rings. The molecule has 0 spiro atoms. The van der Waals surface area contributed by atoms with Gasteiger partial charge < -0.3 is 14.8 Å². The van der Waals surface area contributed by atoms with Crippen LogP contribution in [-0.2, 0) is 13.5 Å². The summed E-state index contributed by atoms with van der Waals surface area (Å²) in [5, 5.41) is 13.0. The molecule has 0 radical (unpaired) electrons. The lowest BCUT2D eigenvalue weighted by molar-refractivity contribution is 0.0258. The minimum Gasteiger partial charge on any atom is -0.409 e. The largest absolute Gasteiger partial charge is 0.695 e. The van der Waals surface area contributed by atoms with Gasteiger partial charge in [0.05, 0.1) is 12.1 Å². The van der Waals surface area contributed by atoms with E-state index in [4.69, 9.17) is 8.95 Å². The van der Waals surface area contributed by atoms with Crippen LogP contribution >= 0.6 is 8.25 Å². The monoisotopic (exact) mass is 402 g/mol. The average molecular weight is 402 g/mol. The van der Waals surface area contributed by atoms with Gasteiger partial charge in [0.2, 0.25) is 0 Å². The molecule has 1 unspecified atom stereocenters. The van der Waals surface area contributed by atoms with Crippen molar-refractivity contribution in [1.29, 1.82) is 0 Å². The van der Waals surface area contributed by atoms with Crippen molar-refractivity contribution < 1.29 is 23.5 Å². The highest BCUT2D eigenvalue weighted by atomic mass is 31.1. The maximum absolute atomic E-state index is 11.3. The highest BCUT2D eigenvalue weighted by molar-refractivity contribution is 7.32. The first-order valence-electron chi connectivity index (χ1n) is 8.69. The van der Waals surface area contributed by atoms with E-state index >= 15 is 0 Å². The third kappa shape index (κ3) is 5.06. The van der Waals surface area contributed by atoms with Crippen LogP contribution in [0.1, 0.15) is 27.2 Å². The summed E-state index contributed by atoms with van der Waals surface area (Å²) in [6.07, 6.45) is 2.50. The Morgan fingerprint density at radius 3 is 2.58 bits per heavy atom. The third-order valence-electron chi connectivity index (χ3n) is 5.34. The van der Waals surface area contributed by atoms with Crippen molar-refractivity contribution in [1.82, 2.24) is 9.97 Å². The van der Waals surface area contributed by atoms with Crippen molar-refractivity contribution in [2.75, 3.05) is 11.9 Å². The van der Waals surface area contributed by atoms with Crippen LogP contribution in [0.3, 0.4) is 0 Å². The van der Waals surface area contributed by atoms with Crippen LogP contribution in [0.5, 0.6) is 0 Å². The predicted molar refractivity (Wildman–Crippen MR) is 101 cm³/mol. The topological polar surface area (TPSA) is 114 Å². The Morgan fingerprint density at radius 1 is 1.38 bits per heavy atom. The molecule has 146 valence electrons. The summed E-state index contributed by atoms with van der Waals surface area (Å²) in [4.78, 5) is 17.4. The molecular weight excluding hydrogens is 373 g/mol. The van der Waals surface area contributed by atoms with Crippen molar-refractivity contribution >= 4 is 22.4 Å². The fourth-order valence-corrected chi connectivity index (χ4v) is 4.73. The normalized spacial score (nSPS) is 27.4. The summed E-state index contributed by atoms with van der Waals surface area (Å²) in [7, 11) is -4.97. The Morgan fingerprint density at radius 2 is 2.08 bits per heavy atom. The minimum atomic E-state index is -2.80. The maximum atomic E-state index is 11.3. The smallest absolute Gasteiger partial charge is 0.409 e. The molecule has 3 N–H and O–H groups in total. The molecule has 10 heteroatoms. The molecule has 0 aliphatic heterocycles. The lowest BCUT2D eigenvalue weighted by atomic mass is 10.1. The zero-order valence-corrected chi connectivity index (χ0v) is 17.8. The Labute approximate surface area is 156 Å². The van der Waals surface area contributed by atoms with Crippen LogP contribution in [0.15, 0.2) is 18.6 Å². The quantitative estimate of drug-likeness (QED) is 0.471. The molecular formula is C16H29N3O5PSi+. The van der Waals surface area contributed by atoms with E-state index in [0.717, 1.165) is 0 Å². The van der Waals surface area contributed by atoms with E-state index in [1.54, 1.807) is 12.3 Å². The van der Waals surface area contributed by atoms with Gasteiger partial charge in [-0.3, -0.25) is 0 Å². The molecule has 1 heterocycles. The summed E-state index contributed by atoms with van der Waals surface area (Å²) in [5.41, 5.74) is 0. The van der Waals surface area contributed by atoms with Crippen LogP contribution in [0.2, 0.25) is 18.1 Å². The van der Waals surface area contributed by atoms with Crippen molar-refractivity contribution in [3.63, 3.8) is 0 Å². The van der Waals surface area contributed by atoms with Gasteiger partial charge in [0, 0.05) is 23.3 Å². The Kier molecular flexibility index (Phi) is 6.87. The van der Waals surface area contributed by atoms with Crippen LogP contribution in [0, 0.1) is 5.92 Å². The van der Waals surface area contributed by atoms with Crippen LogP contribution in [0.4, 0.5) is 5.82 Å². The van der Waals surface area contributed by atoms with E-state index in [1.807, 2.05) is 0 Å². The highest BCUT2D eigenvalue weighted by Crippen LogP contribution is 2.43. The SMILES string of the molecule is CC(C)(C)[Si](C)(C)O[C@@H]1[C@H](O[P+](=O)O)[C@@H](CO)C[C@H]1Nc1ccncn1. The molecule has 0 aromatic carbocycles. The maximum Gasteiger partial charge on any atom is 0.695 e. The van der Waals surface area contributed by atoms with Gasteiger partial charge in [-0.05, 0) is 30.6 Å². The molecule has 1 aromatic rings. The number of aromatic nitrogens is 2. The number of anilines is 1. The van der Waals surface area contributed by atoms with Crippen molar-refractivity contribution in [2.24, 2.45) is 5.92 Å². The van der Waals surface area contributed by atoms with Crippen molar-refractivity contribution in [3.8, 4) is 0 Å². The number of hydrogen-bond donors (Lipinski definition) is 3. The molecule has 1 aliphatic carbocycles. The Hall–Kier alpha value is -0.963. The van der Waals surface area contributed by atoms with Gasteiger partial charge in [-0.2, -0.15) is 0 Å². The summed E-state index contributed by atoms with van der Waals surface area (Å²) < 4.78 is 23.2. The van der Waals surface area contributed by atoms with Crippen LogP contribution < -0.4 is 5.32 Å². The number of aliphatic hydroxyl groups excluding tert-OH is 1. The fraction of sp³-hybridized carbons (Fsp3) is 0.750. The standard InChI is InChI=1S/C16H28N3O5PSi/c1-16(2,3)26(4,5)24-15-12(19-13-6-7-17-10-18-13)8-11(9-20)14(15)23-25(21)22/h6-7,10-12,14-15,20H,8-9H2,1-5H3,(H-,17,18,19,21,22)/p+1/t11-,12-,14-,15+/m1/s1. The molecule has 0 amide bonds. The van der Waals surface area contributed by atoms with Gasteiger partial charge in [-0.1, -0.05) is 20.8 Å². The van der Waals surface area contributed by atoms with Gasteiger partial charge in [-0.15, -0.1) is 9.42 Å². The van der Waals surface area contributed by atoms with E-state index in [-0.39, 0.29) is 23.6 Å². The Bertz CT molecular complexity index is 614. The van der Waals surface area contributed by atoms with Gasteiger partial charge in [0.15, 0.2) is 8.32 Å². The molecule has 26 heavy (non-hydrogen) atoms. The van der Waals surface area contributed by atoms with Gasteiger partial charge in [0.1, 0.15) is 18.2 Å². The lowest BCUT2D eigenvalue weighted by Crippen LogP contribution is -2.50. The summed E-state index contributed by atoms with van der Waals surface area (Å²) in [5.74, 6) is 0.342. The lowest BCUT2D eigenvalue weighted by Gasteiger charge is -2.40. The fourth-order valence-electron chi connectivity index (χ4n) is 2.89. The van der Waals surface area contributed by atoms with Gasteiger partial charge in [-0.25, -0.2) is 9.97 Å². The highest BCUT2D eigenvalue weighted by Gasteiger charge is 2.52. The molecule has 1 fully saturated rings. The predicted octanol–water partition coefficient (Wildman–Crippen LogP) is 2.69. The second kappa shape index (κ2) is 8.37. The first-order valence-corrected chi connectivity index (χ1v) is 12.7.